The number of carboxylic acid groups (broad SMARTS) is 1. The number of carbonyl (C=O) groups excluding carboxylic acids is 5. The normalized spacial score (nSPS) is 15.9. The van der Waals surface area contributed by atoms with Crippen molar-refractivity contribution in [3.63, 3.8) is 0 Å². The van der Waals surface area contributed by atoms with Crippen LogP contribution in [0.3, 0.4) is 0 Å². The maximum Gasteiger partial charge on any atom is 0.303 e. The minimum Gasteiger partial charge on any atom is -0.481 e. The van der Waals surface area contributed by atoms with Gasteiger partial charge in [-0.25, -0.2) is 0 Å². The molecule has 4 unspecified atom stereocenters. The smallest absolute Gasteiger partial charge is 0.303 e. The van der Waals surface area contributed by atoms with Gasteiger partial charge in [0.25, 0.3) is 5.91 Å². The molecule has 0 bridgehead atoms. The molecule has 0 aliphatic rings. The number of esters is 3. The predicted molar refractivity (Wildman–Crippen MR) is 201 cm³/mol. The van der Waals surface area contributed by atoms with Gasteiger partial charge in [-0.15, -0.1) is 0 Å². The minimum absolute atomic E-state index is 0.0541. The van der Waals surface area contributed by atoms with E-state index >= 15 is 0 Å². The molecule has 0 rings (SSSR count). The van der Waals surface area contributed by atoms with Gasteiger partial charge >= 0.3 is 23.9 Å². The quantitative estimate of drug-likeness (QED) is 0.0390. The molecule has 0 aromatic rings. The highest BCUT2D eigenvalue weighted by molar-refractivity contribution is 5.84. The lowest BCUT2D eigenvalue weighted by Crippen LogP contribution is -2.54. The van der Waals surface area contributed by atoms with Gasteiger partial charge in [0.05, 0.1) is 0 Å². The Balaban J connectivity index is 4.45. The lowest BCUT2D eigenvalue weighted by atomic mass is 9.90. The second-order valence-corrected chi connectivity index (χ2v) is 15.2. The molecule has 0 aromatic heterocycles. The Hall–Kier alpha value is -3.18. The average molecular weight is 741 g/mol. The van der Waals surface area contributed by atoms with Gasteiger partial charge in [-0.05, 0) is 48.9 Å². The summed E-state index contributed by atoms with van der Waals surface area (Å²) >= 11 is 0. The Labute approximate surface area is 313 Å². The van der Waals surface area contributed by atoms with Gasteiger partial charge in [0, 0.05) is 46.7 Å². The molecule has 2 amide bonds. The summed E-state index contributed by atoms with van der Waals surface area (Å²) in [5.74, 6) is -1.70. The molecule has 12 nitrogen and oxygen atoms in total. The molecule has 0 saturated carbocycles. The van der Waals surface area contributed by atoms with E-state index in [1.165, 1.54) is 51.9 Å². The Morgan fingerprint density at radius 1 is 0.538 bits per heavy atom. The van der Waals surface area contributed by atoms with E-state index in [9.17, 15) is 28.8 Å². The van der Waals surface area contributed by atoms with E-state index in [0.29, 0.717) is 36.5 Å². The molecule has 3 N–H and O–H groups in total. The van der Waals surface area contributed by atoms with Gasteiger partial charge in [0.1, 0.15) is 6.10 Å². The highest BCUT2D eigenvalue weighted by Crippen LogP contribution is 2.25. The van der Waals surface area contributed by atoms with Gasteiger partial charge in [-0.1, -0.05) is 106 Å². The van der Waals surface area contributed by atoms with Crippen LogP contribution in [0.5, 0.6) is 0 Å². The van der Waals surface area contributed by atoms with Gasteiger partial charge in [0.15, 0.2) is 6.10 Å². The molecular formula is C40H72N2O10. The number of nitrogens with one attached hydrogen (secondary N) is 2. The van der Waals surface area contributed by atoms with Crippen molar-refractivity contribution in [2.24, 2.45) is 29.6 Å². The van der Waals surface area contributed by atoms with Crippen LogP contribution in [-0.4, -0.2) is 72.2 Å². The number of rotatable bonds is 30. The third-order valence-electron chi connectivity index (χ3n) is 9.88. The van der Waals surface area contributed by atoms with Gasteiger partial charge in [-0.3, -0.25) is 28.8 Å². The van der Waals surface area contributed by atoms with Crippen LogP contribution >= 0.6 is 0 Å². The predicted octanol–water partition coefficient (Wildman–Crippen LogP) is 7.15. The summed E-state index contributed by atoms with van der Waals surface area (Å²) in [6.07, 6.45) is 10.7. The van der Waals surface area contributed by atoms with Crippen LogP contribution in [0.15, 0.2) is 0 Å². The summed E-state index contributed by atoms with van der Waals surface area (Å²) in [7, 11) is 0. The van der Waals surface area contributed by atoms with Crippen LogP contribution < -0.4 is 10.6 Å². The average Bonchev–Trinajstić information content (AvgIpc) is 3.06. The van der Waals surface area contributed by atoms with Gasteiger partial charge < -0.3 is 30.0 Å². The van der Waals surface area contributed by atoms with E-state index in [4.69, 9.17) is 19.3 Å². The number of ether oxygens (including phenoxy) is 3. The van der Waals surface area contributed by atoms with E-state index in [0.717, 1.165) is 46.0 Å². The zero-order valence-corrected chi connectivity index (χ0v) is 33.8. The maximum atomic E-state index is 13.2. The first-order valence-electron chi connectivity index (χ1n) is 19.7. The number of amides is 2. The highest BCUT2D eigenvalue weighted by atomic mass is 16.6. The number of hydrogen-bond acceptors (Lipinski definition) is 9. The third kappa shape index (κ3) is 24.9. The zero-order valence-electron chi connectivity index (χ0n) is 33.8. The second-order valence-electron chi connectivity index (χ2n) is 15.2. The van der Waals surface area contributed by atoms with Crippen molar-refractivity contribution in [2.45, 2.75) is 177 Å². The first-order chi connectivity index (χ1) is 24.5. The topological polar surface area (TPSA) is 174 Å². The summed E-state index contributed by atoms with van der Waals surface area (Å²) in [4.78, 5) is 72.0. The van der Waals surface area contributed by atoms with Crippen molar-refractivity contribution in [1.29, 1.82) is 0 Å². The summed E-state index contributed by atoms with van der Waals surface area (Å²) < 4.78 is 16.1. The van der Waals surface area contributed by atoms with E-state index in [1.54, 1.807) is 6.92 Å². The first-order valence-corrected chi connectivity index (χ1v) is 19.7. The molecule has 0 aliphatic carbocycles. The van der Waals surface area contributed by atoms with Crippen molar-refractivity contribution in [3.05, 3.63) is 0 Å². The van der Waals surface area contributed by atoms with Crippen molar-refractivity contribution >= 4 is 35.7 Å². The molecule has 0 fully saturated rings. The number of hydrogen-bond donors (Lipinski definition) is 3. The molecule has 0 aliphatic heterocycles. The van der Waals surface area contributed by atoms with Crippen LogP contribution in [0.25, 0.3) is 0 Å². The molecule has 0 saturated heterocycles. The summed E-state index contributed by atoms with van der Waals surface area (Å²) in [5.41, 5.74) is 0. The Morgan fingerprint density at radius 3 is 1.38 bits per heavy atom. The van der Waals surface area contributed by atoms with Crippen LogP contribution in [-0.2, 0) is 43.0 Å². The number of aliphatic carboxylic acids is 1. The van der Waals surface area contributed by atoms with Crippen molar-refractivity contribution < 1.29 is 48.1 Å². The summed E-state index contributed by atoms with van der Waals surface area (Å²) in [5, 5.41) is 14.3. The third-order valence-corrected chi connectivity index (χ3v) is 9.88. The van der Waals surface area contributed by atoms with E-state index in [2.05, 4.69) is 38.3 Å². The van der Waals surface area contributed by atoms with Crippen LogP contribution in [0.4, 0.5) is 0 Å². The van der Waals surface area contributed by atoms with E-state index in [1.807, 2.05) is 6.92 Å². The zero-order chi connectivity index (χ0) is 39.6. The standard InChI is InChI=1S/C40H72N2O10/c1-10-31(6)37(50-32(7)43)38(51-33(8)44)39(52-34(9)45)40(49)42-26-25-41-35(46)23-21-29(4)19-13-17-27(2)15-11-12-16-28(3)18-14-20-30(5)22-24-36(47)48/h27-31,37-39H,10-26H2,1-9H3,(H,41,46)(H,42,49)(H,47,48)/t27?,28?,29?,30?,31-,37-,38+,39-/m1/s1. The summed E-state index contributed by atoms with van der Waals surface area (Å²) in [6.45, 7) is 16.3. The lowest BCUT2D eigenvalue weighted by molar-refractivity contribution is -0.190. The molecular weight excluding hydrogens is 668 g/mol. The number of carbonyl (C=O) groups is 6. The molecule has 0 heterocycles. The van der Waals surface area contributed by atoms with Crippen molar-refractivity contribution in [1.82, 2.24) is 10.6 Å². The summed E-state index contributed by atoms with van der Waals surface area (Å²) in [6, 6.07) is 0. The monoisotopic (exact) mass is 741 g/mol. The number of carboxylic acids is 1. The lowest BCUT2D eigenvalue weighted by Gasteiger charge is -2.34. The Morgan fingerprint density at radius 2 is 0.942 bits per heavy atom. The van der Waals surface area contributed by atoms with Crippen LogP contribution in [0, 0.1) is 29.6 Å². The van der Waals surface area contributed by atoms with Gasteiger partial charge in [-0.2, -0.15) is 0 Å². The fraction of sp³-hybridized carbons (Fsp3) is 0.850. The molecule has 302 valence electrons. The largest absolute Gasteiger partial charge is 0.481 e. The molecule has 0 spiro atoms. The molecule has 8 atom stereocenters. The van der Waals surface area contributed by atoms with Crippen LogP contribution in [0.1, 0.15) is 159 Å². The molecule has 12 heteroatoms. The van der Waals surface area contributed by atoms with Crippen molar-refractivity contribution in [3.8, 4) is 0 Å². The molecule has 0 radical (unpaired) electrons. The molecule has 0 aromatic carbocycles. The SMILES string of the molecule is CC[C@@H](C)[C@@H](OC(C)=O)[C@H](OC(C)=O)[C@@H](OC(C)=O)C(=O)NCCNC(=O)CCC(C)CCCC(C)CCCCC(C)CCCC(C)CCC(=O)O. The number of unbranched alkanes of at least 4 members (excludes halogenated alkanes) is 1. The Kier molecular flexibility index (Phi) is 26.6. The second kappa shape index (κ2) is 28.3. The van der Waals surface area contributed by atoms with Crippen molar-refractivity contribution in [2.75, 3.05) is 13.1 Å². The highest BCUT2D eigenvalue weighted by Gasteiger charge is 2.43. The van der Waals surface area contributed by atoms with Gasteiger partial charge in [0.2, 0.25) is 12.0 Å². The van der Waals surface area contributed by atoms with E-state index < -0.39 is 48.1 Å². The fourth-order valence-corrected chi connectivity index (χ4v) is 6.39. The minimum atomic E-state index is -1.56. The fourth-order valence-electron chi connectivity index (χ4n) is 6.39. The molecule has 52 heavy (non-hydrogen) atoms. The maximum absolute atomic E-state index is 13.2. The van der Waals surface area contributed by atoms with Crippen LogP contribution in [0.2, 0.25) is 0 Å². The van der Waals surface area contributed by atoms with E-state index in [-0.39, 0.29) is 31.3 Å². The first kappa shape index (κ1) is 48.8. The Bertz CT molecular complexity index is 1070.